The summed E-state index contributed by atoms with van der Waals surface area (Å²) in [6.45, 7) is 7.08. The number of aryl methyl sites for hydroxylation is 1. The molecule has 2 aromatic carbocycles. The topological polar surface area (TPSA) is 60.9 Å². The largest absolute Gasteiger partial charge is 0.496 e. The second-order valence-electron chi connectivity index (χ2n) is 12.3. The van der Waals surface area contributed by atoms with Crippen LogP contribution >= 0.6 is 11.3 Å². The quantitative estimate of drug-likeness (QED) is 0.237. The van der Waals surface area contributed by atoms with E-state index in [-0.39, 0.29) is 24.0 Å². The van der Waals surface area contributed by atoms with Crippen molar-refractivity contribution >= 4 is 22.9 Å². The molecule has 3 aromatic rings. The number of aromatic nitrogens is 1. The monoisotopic (exact) mass is 590 g/mol. The van der Waals surface area contributed by atoms with Crippen molar-refractivity contribution < 1.29 is 19.0 Å². The number of ether oxygens (including phenoxy) is 3. The van der Waals surface area contributed by atoms with Crippen LogP contribution in [-0.4, -0.2) is 43.9 Å². The van der Waals surface area contributed by atoms with Gasteiger partial charge in [-0.05, 0) is 119 Å². The van der Waals surface area contributed by atoms with Crippen LogP contribution in [0.4, 0.5) is 5.69 Å². The van der Waals surface area contributed by atoms with Crippen molar-refractivity contribution in [2.75, 3.05) is 25.7 Å². The smallest absolute Gasteiger partial charge is 0.273 e. The highest BCUT2D eigenvalue weighted by molar-refractivity contribution is 7.16. The van der Waals surface area contributed by atoms with Gasteiger partial charge in [0, 0.05) is 24.3 Å². The molecule has 2 aliphatic carbocycles. The molecule has 0 saturated heterocycles. The maximum absolute atomic E-state index is 14.2. The van der Waals surface area contributed by atoms with Crippen LogP contribution in [0.25, 0.3) is 10.4 Å². The van der Waals surface area contributed by atoms with Crippen molar-refractivity contribution in [2.24, 2.45) is 11.8 Å². The average Bonchev–Trinajstić information content (AvgIpc) is 3.50. The van der Waals surface area contributed by atoms with Gasteiger partial charge in [-0.2, -0.15) is 0 Å². The van der Waals surface area contributed by atoms with Gasteiger partial charge in [0.2, 0.25) is 5.91 Å². The molecule has 0 radical (unpaired) electrons. The molecule has 1 amide bonds. The number of rotatable bonds is 10. The number of thiazole rings is 1. The zero-order chi connectivity index (χ0) is 29.6. The molecular weight excluding hydrogens is 544 g/mol. The van der Waals surface area contributed by atoms with E-state index in [0.29, 0.717) is 17.0 Å². The second-order valence-corrected chi connectivity index (χ2v) is 13.3. The van der Waals surface area contributed by atoms with E-state index < -0.39 is 0 Å². The molecule has 1 heterocycles. The summed E-state index contributed by atoms with van der Waals surface area (Å²) < 4.78 is 16.9. The van der Waals surface area contributed by atoms with Crippen LogP contribution < -0.4 is 14.4 Å². The van der Waals surface area contributed by atoms with E-state index >= 15 is 0 Å². The van der Waals surface area contributed by atoms with Crippen molar-refractivity contribution in [1.29, 1.82) is 0 Å². The molecule has 226 valence electrons. The van der Waals surface area contributed by atoms with Crippen molar-refractivity contribution in [3.63, 3.8) is 0 Å². The van der Waals surface area contributed by atoms with Crippen LogP contribution in [-0.2, 0) is 9.53 Å². The lowest BCUT2D eigenvalue weighted by Gasteiger charge is -2.36. The van der Waals surface area contributed by atoms with E-state index in [9.17, 15) is 4.79 Å². The highest BCUT2D eigenvalue weighted by atomic mass is 32.1. The predicted octanol–water partition coefficient (Wildman–Crippen LogP) is 8.43. The lowest BCUT2D eigenvalue weighted by atomic mass is 9.78. The third kappa shape index (κ3) is 7.35. The SMILES string of the molecule is COc1ncc(-c2cccc(N(C[C@H]3CC[C@H](c4ccc(OC)c(C)c4)CC3)C(=O)[C@H]3CC[C@H](OC(C)C)CC3)c2)s1. The fourth-order valence-electron chi connectivity index (χ4n) is 6.78. The van der Waals surface area contributed by atoms with Gasteiger partial charge in [0.15, 0.2) is 0 Å². The Hall–Kier alpha value is -2.90. The molecule has 1 aromatic heterocycles. The maximum Gasteiger partial charge on any atom is 0.273 e. The zero-order valence-corrected chi connectivity index (χ0v) is 26.6. The summed E-state index contributed by atoms with van der Waals surface area (Å²) in [6.07, 6.45) is 10.6. The van der Waals surface area contributed by atoms with Crippen LogP contribution in [0.15, 0.2) is 48.7 Å². The van der Waals surface area contributed by atoms with Gasteiger partial charge >= 0.3 is 0 Å². The summed E-state index contributed by atoms with van der Waals surface area (Å²) in [5, 5.41) is 0.646. The third-order valence-electron chi connectivity index (χ3n) is 9.03. The molecule has 7 heteroatoms. The van der Waals surface area contributed by atoms with Gasteiger partial charge < -0.3 is 19.1 Å². The Labute approximate surface area is 255 Å². The zero-order valence-electron chi connectivity index (χ0n) is 25.8. The van der Waals surface area contributed by atoms with E-state index in [2.05, 4.69) is 73.1 Å². The van der Waals surface area contributed by atoms with E-state index in [1.807, 2.05) is 6.20 Å². The summed E-state index contributed by atoms with van der Waals surface area (Å²) in [7, 11) is 3.38. The second kappa shape index (κ2) is 14.0. The van der Waals surface area contributed by atoms with Crippen LogP contribution in [0.1, 0.15) is 82.3 Å². The summed E-state index contributed by atoms with van der Waals surface area (Å²) in [4.78, 5) is 21.7. The van der Waals surface area contributed by atoms with Crippen molar-refractivity contribution in [2.45, 2.75) is 90.3 Å². The van der Waals surface area contributed by atoms with Gasteiger partial charge in [-0.15, -0.1) is 0 Å². The molecule has 5 rings (SSSR count). The molecule has 2 aliphatic rings. The van der Waals surface area contributed by atoms with E-state index in [1.54, 1.807) is 14.2 Å². The Morgan fingerprint density at radius 2 is 1.74 bits per heavy atom. The van der Waals surface area contributed by atoms with Crippen LogP contribution in [0.5, 0.6) is 10.9 Å². The number of carbonyl (C=O) groups excluding carboxylic acids is 1. The van der Waals surface area contributed by atoms with Gasteiger partial charge in [0.1, 0.15) is 5.75 Å². The first-order valence-corrected chi connectivity index (χ1v) is 16.4. The van der Waals surface area contributed by atoms with Crippen LogP contribution in [0, 0.1) is 18.8 Å². The molecule has 2 saturated carbocycles. The molecule has 0 unspecified atom stereocenters. The lowest BCUT2D eigenvalue weighted by molar-refractivity contribution is -0.124. The first-order chi connectivity index (χ1) is 20.3. The van der Waals surface area contributed by atoms with Crippen molar-refractivity contribution in [3.05, 3.63) is 59.8 Å². The van der Waals surface area contributed by atoms with Gasteiger partial charge in [0.25, 0.3) is 5.19 Å². The maximum atomic E-state index is 14.2. The lowest BCUT2D eigenvalue weighted by Crippen LogP contribution is -2.42. The highest BCUT2D eigenvalue weighted by Gasteiger charge is 2.33. The molecule has 0 bridgehead atoms. The minimum absolute atomic E-state index is 0.0442. The summed E-state index contributed by atoms with van der Waals surface area (Å²) in [6, 6.07) is 15.0. The van der Waals surface area contributed by atoms with E-state index in [4.69, 9.17) is 14.2 Å². The molecule has 0 aliphatic heterocycles. The minimum atomic E-state index is 0.0442. The summed E-state index contributed by atoms with van der Waals surface area (Å²) in [5.74, 6) is 2.31. The molecule has 0 N–H and O–H groups in total. The number of hydrogen-bond acceptors (Lipinski definition) is 6. The minimum Gasteiger partial charge on any atom is -0.496 e. The number of carbonyl (C=O) groups is 1. The fraction of sp³-hybridized carbons (Fsp3) is 0.543. The first-order valence-electron chi connectivity index (χ1n) is 15.6. The molecule has 42 heavy (non-hydrogen) atoms. The standard InChI is InChI=1S/C35H46N2O4S/c1-23(2)41-31-16-13-27(14-17-31)34(38)37(30-8-6-7-29(20-30)33-21-36-35(40-5)42-33)22-25-9-11-26(12-10-25)28-15-18-32(39-4)24(3)19-28/h6-8,15,18-21,23,25-27,31H,9-14,16-17,22H2,1-5H3/t25-,26-,27-,31-. The van der Waals surface area contributed by atoms with Crippen LogP contribution in [0.3, 0.4) is 0 Å². The number of hydrogen-bond donors (Lipinski definition) is 0. The van der Waals surface area contributed by atoms with Gasteiger partial charge in [-0.1, -0.05) is 35.6 Å². The molecule has 2 fully saturated rings. The Kier molecular flexibility index (Phi) is 10.2. The fourth-order valence-corrected chi connectivity index (χ4v) is 7.51. The summed E-state index contributed by atoms with van der Waals surface area (Å²) >= 11 is 1.53. The Balaban J connectivity index is 1.32. The van der Waals surface area contributed by atoms with Gasteiger partial charge in [-0.25, -0.2) is 4.98 Å². The van der Waals surface area contributed by atoms with Crippen molar-refractivity contribution in [3.8, 4) is 21.4 Å². The predicted molar refractivity (Wildman–Crippen MR) is 171 cm³/mol. The Morgan fingerprint density at radius 1 is 0.976 bits per heavy atom. The number of benzene rings is 2. The number of nitrogens with zero attached hydrogens (tertiary/aromatic N) is 2. The van der Waals surface area contributed by atoms with Crippen molar-refractivity contribution in [1.82, 2.24) is 4.98 Å². The molecule has 6 nitrogen and oxygen atoms in total. The highest BCUT2D eigenvalue weighted by Crippen LogP contribution is 2.39. The molecular formula is C35H46N2O4S. The third-order valence-corrected chi connectivity index (χ3v) is 10.0. The first kappa shape index (κ1) is 30.6. The number of anilines is 1. The van der Waals surface area contributed by atoms with Gasteiger partial charge in [0.05, 0.1) is 31.3 Å². The number of methoxy groups -OCH3 is 2. The van der Waals surface area contributed by atoms with Gasteiger partial charge in [-0.3, -0.25) is 4.79 Å². The van der Waals surface area contributed by atoms with E-state index in [1.165, 1.54) is 22.5 Å². The normalized spacial score (nSPS) is 22.6. The Morgan fingerprint density at radius 3 is 2.38 bits per heavy atom. The Bertz CT molecular complexity index is 1320. The summed E-state index contributed by atoms with van der Waals surface area (Å²) in [5.41, 5.74) is 4.66. The van der Waals surface area contributed by atoms with Crippen LogP contribution in [0.2, 0.25) is 0 Å². The molecule has 0 atom stereocenters. The molecule has 0 spiro atoms. The number of amides is 1. The average molecular weight is 591 g/mol. The van der Waals surface area contributed by atoms with E-state index in [0.717, 1.165) is 79.8 Å².